The van der Waals surface area contributed by atoms with E-state index in [1.807, 2.05) is 30.3 Å². The first kappa shape index (κ1) is 13.7. The lowest BCUT2D eigenvalue weighted by atomic mass is 10.2. The highest BCUT2D eigenvalue weighted by molar-refractivity contribution is 5.96. The molecule has 3 aromatic rings. The smallest absolute Gasteiger partial charge is 0.305 e. The van der Waals surface area contributed by atoms with Gasteiger partial charge in [-0.05, 0) is 30.3 Å². The Morgan fingerprint density at radius 3 is 2.68 bits per heavy atom. The van der Waals surface area contributed by atoms with Gasteiger partial charge in [0.1, 0.15) is 11.3 Å². The van der Waals surface area contributed by atoms with E-state index >= 15 is 0 Å². The predicted molar refractivity (Wildman–Crippen MR) is 79.6 cm³/mol. The Kier molecular flexibility index (Phi) is 3.74. The third-order valence-electron chi connectivity index (χ3n) is 2.89. The lowest BCUT2D eigenvalue weighted by Crippen LogP contribution is -2.40. The molecule has 0 unspecified atom stereocenters. The summed E-state index contributed by atoms with van der Waals surface area (Å²) in [5.74, 6) is -0.355. The minimum absolute atomic E-state index is 0.113. The van der Waals surface area contributed by atoms with Crippen molar-refractivity contribution in [1.82, 2.24) is 10.9 Å². The van der Waals surface area contributed by atoms with Crippen LogP contribution in [-0.2, 0) is 4.79 Å². The Hall–Kier alpha value is -3.28. The molecule has 0 bridgehead atoms. The Morgan fingerprint density at radius 1 is 1.05 bits per heavy atom. The number of amides is 2. The Bertz CT molecular complexity index is 798. The summed E-state index contributed by atoms with van der Waals surface area (Å²) in [6.45, 7) is 0. The van der Waals surface area contributed by atoms with Gasteiger partial charge in [0.05, 0.1) is 6.26 Å². The van der Waals surface area contributed by atoms with E-state index in [1.54, 1.807) is 6.07 Å². The first-order valence-corrected chi connectivity index (χ1v) is 6.53. The second-order valence-electron chi connectivity index (χ2n) is 4.44. The van der Waals surface area contributed by atoms with Crippen LogP contribution in [0.2, 0.25) is 0 Å². The van der Waals surface area contributed by atoms with E-state index < -0.39 is 11.8 Å². The topological polar surface area (TPSA) is 84.5 Å². The molecule has 0 saturated heterocycles. The van der Waals surface area contributed by atoms with Crippen LogP contribution in [0.4, 0.5) is 0 Å². The number of hydrogen-bond acceptors (Lipinski definition) is 4. The molecule has 0 radical (unpaired) electrons. The van der Waals surface area contributed by atoms with Crippen molar-refractivity contribution in [1.29, 1.82) is 0 Å². The van der Waals surface area contributed by atoms with Crippen molar-refractivity contribution >= 4 is 28.9 Å². The summed E-state index contributed by atoms with van der Waals surface area (Å²) in [5, 5.41) is 0.952. The second-order valence-corrected chi connectivity index (χ2v) is 4.44. The molecule has 0 aliphatic rings. The largest absolute Gasteiger partial charge is 0.459 e. The molecule has 2 amide bonds. The lowest BCUT2D eigenvalue weighted by Gasteiger charge is -2.02. The highest BCUT2D eigenvalue weighted by Crippen LogP contribution is 2.19. The van der Waals surface area contributed by atoms with Gasteiger partial charge >= 0.3 is 5.91 Å². The quantitative estimate of drug-likeness (QED) is 0.574. The van der Waals surface area contributed by atoms with Crippen molar-refractivity contribution in [3.8, 4) is 0 Å². The summed E-state index contributed by atoms with van der Waals surface area (Å²) in [6, 6.07) is 12.4. The molecular formula is C16H12N2O4. The van der Waals surface area contributed by atoms with Crippen LogP contribution in [0.25, 0.3) is 17.0 Å². The molecule has 0 spiro atoms. The van der Waals surface area contributed by atoms with Gasteiger partial charge < -0.3 is 8.83 Å². The predicted octanol–water partition coefficient (Wildman–Crippen LogP) is 2.50. The number of fused-ring (bicyclic) bond motifs is 1. The number of furan rings is 2. The van der Waals surface area contributed by atoms with Crippen LogP contribution in [0.3, 0.4) is 0 Å². The molecule has 2 heterocycles. The Balaban J connectivity index is 1.58. The molecule has 2 N–H and O–H groups in total. The molecule has 0 atom stereocenters. The van der Waals surface area contributed by atoms with Crippen LogP contribution in [0.5, 0.6) is 0 Å². The van der Waals surface area contributed by atoms with Crippen molar-refractivity contribution in [3.63, 3.8) is 0 Å². The summed E-state index contributed by atoms with van der Waals surface area (Å²) < 4.78 is 10.4. The highest BCUT2D eigenvalue weighted by atomic mass is 16.3. The van der Waals surface area contributed by atoms with Crippen LogP contribution < -0.4 is 10.9 Å². The molecule has 110 valence electrons. The van der Waals surface area contributed by atoms with Crippen molar-refractivity contribution in [2.75, 3.05) is 0 Å². The maximum Gasteiger partial charge on any atom is 0.305 e. The molecule has 6 nitrogen and oxygen atoms in total. The maximum atomic E-state index is 11.6. The summed E-state index contributed by atoms with van der Waals surface area (Å²) in [4.78, 5) is 23.2. The minimum Gasteiger partial charge on any atom is -0.459 e. The fourth-order valence-corrected chi connectivity index (χ4v) is 1.87. The number of nitrogens with one attached hydrogen (secondary N) is 2. The van der Waals surface area contributed by atoms with E-state index in [-0.39, 0.29) is 5.76 Å². The number of carbonyl (C=O) groups excluding carboxylic acids is 2. The van der Waals surface area contributed by atoms with Gasteiger partial charge in [0, 0.05) is 11.5 Å². The summed E-state index contributed by atoms with van der Waals surface area (Å²) in [7, 11) is 0. The molecule has 1 aromatic carbocycles. The Morgan fingerprint density at radius 2 is 1.91 bits per heavy atom. The standard InChI is InChI=1S/C16H12N2O4/c19-15(17-18-16(20)14-6-3-9-21-14)8-7-12-10-11-4-1-2-5-13(11)22-12/h1-10H,(H,17,19)(H,18,20)/b8-7+. The number of hydrazine groups is 1. The fourth-order valence-electron chi connectivity index (χ4n) is 1.87. The van der Waals surface area contributed by atoms with Crippen molar-refractivity contribution in [3.05, 3.63) is 66.3 Å². The molecule has 0 fully saturated rings. The second kappa shape index (κ2) is 6.01. The van der Waals surface area contributed by atoms with Gasteiger partial charge in [0.15, 0.2) is 5.76 Å². The monoisotopic (exact) mass is 296 g/mol. The normalized spacial score (nSPS) is 10.9. The zero-order chi connectivity index (χ0) is 15.4. The number of rotatable bonds is 3. The van der Waals surface area contributed by atoms with Crippen LogP contribution in [0, 0.1) is 0 Å². The molecule has 3 rings (SSSR count). The SMILES string of the molecule is O=C(/C=C/c1cc2ccccc2o1)NNC(=O)c1ccco1. The number of para-hydroxylation sites is 1. The van der Waals surface area contributed by atoms with Crippen molar-refractivity contribution in [2.45, 2.75) is 0 Å². The van der Waals surface area contributed by atoms with Crippen LogP contribution in [0.1, 0.15) is 16.3 Å². The fraction of sp³-hybridized carbons (Fsp3) is 0. The van der Waals surface area contributed by atoms with E-state index in [4.69, 9.17) is 8.83 Å². The van der Waals surface area contributed by atoms with E-state index in [9.17, 15) is 9.59 Å². The minimum atomic E-state index is -0.532. The first-order valence-electron chi connectivity index (χ1n) is 6.53. The molecule has 0 aliphatic carbocycles. The van der Waals surface area contributed by atoms with Gasteiger partial charge in [-0.25, -0.2) is 0 Å². The van der Waals surface area contributed by atoms with Crippen molar-refractivity contribution in [2.24, 2.45) is 0 Å². The molecule has 2 aromatic heterocycles. The molecule has 0 aliphatic heterocycles. The van der Waals surface area contributed by atoms with Crippen LogP contribution >= 0.6 is 0 Å². The average Bonchev–Trinajstić information content (AvgIpc) is 3.19. The summed E-state index contributed by atoms with van der Waals surface area (Å²) in [6.07, 6.45) is 4.16. The molecule has 22 heavy (non-hydrogen) atoms. The van der Waals surface area contributed by atoms with E-state index in [1.165, 1.54) is 24.5 Å². The maximum absolute atomic E-state index is 11.6. The lowest BCUT2D eigenvalue weighted by molar-refractivity contribution is -0.117. The summed E-state index contributed by atoms with van der Waals surface area (Å²) in [5.41, 5.74) is 5.23. The molecular weight excluding hydrogens is 284 g/mol. The van der Waals surface area contributed by atoms with E-state index in [0.717, 1.165) is 11.0 Å². The molecule has 0 saturated carbocycles. The van der Waals surface area contributed by atoms with Gasteiger partial charge in [-0.15, -0.1) is 0 Å². The molecule has 6 heteroatoms. The number of carbonyl (C=O) groups is 2. The van der Waals surface area contributed by atoms with E-state index in [2.05, 4.69) is 10.9 Å². The third-order valence-corrected chi connectivity index (χ3v) is 2.89. The third kappa shape index (κ3) is 3.06. The average molecular weight is 296 g/mol. The van der Waals surface area contributed by atoms with Gasteiger partial charge in [-0.1, -0.05) is 18.2 Å². The zero-order valence-electron chi connectivity index (χ0n) is 11.4. The van der Waals surface area contributed by atoms with Gasteiger partial charge in [-0.3, -0.25) is 20.4 Å². The zero-order valence-corrected chi connectivity index (χ0v) is 11.4. The van der Waals surface area contributed by atoms with Gasteiger partial charge in [0.25, 0.3) is 5.91 Å². The first-order chi connectivity index (χ1) is 10.7. The van der Waals surface area contributed by atoms with Crippen LogP contribution in [-0.4, -0.2) is 11.8 Å². The van der Waals surface area contributed by atoms with Crippen LogP contribution in [0.15, 0.2) is 63.6 Å². The number of benzene rings is 1. The van der Waals surface area contributed by atoms with E-state index in [0.29, 0.717) is 5.76 Å². The Labute approximate surface area is 125 Å². The van der Waals surface area contributed by atoms with Gasteiger partial charge in [0.2, 0.25) is 0 Å². The number of hydrogen-bond donors (Lipinski definition) is 2. The van der Waals surface area contributed by atoms with Gasteiger partial charge in [-0.2, -0.15) is 0 Å². The highest BCUT2D eigenvalue weighted by Gasteiger charge is 2.08. The summed E-state index contributed by atoms with van der Waals surface area (Å²) >= 11 is 0. The van der Waals surface area contributed by atoms with Crippen molar-refractivity contribution < 1.29 is 18.4 Å².